The average Bonchev–Trinajstić information content (AvgIpc) is 2.42. The number of halogens is 3. The smallest absolute Gasteiger partial charge is 0.248 e. The molecule has 2 aromatic carbocycles. The summed E-state index contributed by atoms with van der Waals surface area (Å²) in [4.78, 5) is 11.6. The first-order valence-electron chi connectivity index (χ1n) is 5.74. The van der Waals surface area contributed by atoms with Crippen molar-refractivity contribution in [2.24, 2.45) is 0 Å². The van der Waals surface area contributed by atoms with Gasteiger partial charge in [0.1, 0.15) is 11.6 Å². The summed E-state index contributed by atoms with van der Waals surface area (Å²) in [6.45, 7) is 0. The van der Waals surface area contributed by atoms with Gasteiger partial charge in [-0.2, -0.15) is 0 Å². The summed E-state index contributed by atoms with van der Waals surface area (Å²) in [7, 11) is 0. The normalized spacial score (nSPS) is 10.8. The Morgan fingerprint density at radius 2 is 1.80 bits per heavy atom. The Labute approximate surface area is 123 Å². The van der Waals surface area contributed by atoms with E-state index in [0.29, 0.717) is 11.3 Å². The molecule has 0 saturated carbocycles. The molecule has 0 fully saturated rings. The second-order valence-corrected chi connectivity index (χ2v) is 4.91. The van der Waals surface area contributed by atoms with Gasteiger partial charge in [-0.05, 0) is 48.5 Å². The van der Waals surface area contributed by atoms with E-state index in [1.165, 1.54) is 42.5 Å². The van der Waals surface area contributed by atoms with E-state index in [1.807, 2.05) is 0 Å². The molecular weight excluding hydrogens is 328 g/mol. The van der Waals surface area contributed by atoms with Crippen molar-refractivity contribution < 1.29 is 13.6 Å². The molecule has 102 valence electrons. The first-order chi connectivity index (χ1) is 9.54. The van der Waals surface area contributed by atoms with Crippen LogP contribution in [0.3, 0.4) is 0 Å². The molecule has 0 saturated heterocycles. The van der Waals surface area contributed by atoms with E-state index >= 15 is 0 Å². The van der Waals surface area contributed by atoms with E-state index in [1.54, 1.807) is 12.1 Å². The molecule has 0 aliphatic carbocycles. The molecule has 0 radical (unpaired) electrons. The number of amides is 1. The molecule has 2 nitrogen and oxygen atoms in total. The lowest BCUT2D eigenvalue weighted by molar-refractivity contribution is -0.111. The maximum Gasteiger partial charge on any atom is 0.248 e. The molecule has 1 N–H and O–H groups in total. The summed E-state index contributed by atoms with van der Waals surface area (Å²) in [5.74, 6) is -1.22. The van der Waals surface area contributed by atoms with Gasteiger partial charge in [0, 0.05) is 21.8 Å². The van der Waals surface area contributed by atoms with E-state index in [4.69, 9.17) is 0 Å². The van der Waals surface area contributed by atoms with Crippen LogP contribution in [-0.2, 0) is 4.79 Å². The maximum absolute atomic E-state index is 13.4. The van der Waals surface area contributed by atoms with Crippen LogP contribution < -0.4 is 5.32 Å². The predicted octanol–water partition coefficient (Wildman–Crippen LogP) is 4.38. The van der Waals surface area contributed by atoms with Crippen molar-refractivity contribution in [2.45, 2.75) is 0 Å². The third-order valence-electron chi connectivity index (χ3n) is 2.48. The van der Waals surface area contributed by atoms with Crippen molar-refractivity contribution in [1.29, 1.82) is 0 Å². The monoisotopic (exact) mass is 337 g/mol. The highest BCUT2D eigenvalue weighted by atomic mass is 79.9. The minimum atomic E-state index is -0.420. The zero-order valence-electron chi connectivity index (χ0n) is 10.2. The minimum absolute atomic E-state index is 0.300. The van der Waals surface area contributed by atoms with Crippen LogP contribution >= 0.6 is 15.9 Å². The minimum Gasteiger partial charge on any atom is -0.323 e. The Morgan fingerprint density at radius 1 is 1.10 bits per heavy atom. The van der Waals surface area contributed by atoms with E-state index in [0.717, 1.165) is 4.47 Å². The third kappa shape index (κ3) is 3.99. The van der Waals surface area contributed by atoms with Crippen molar-refractivity contribution in [3.8, 4) is 0 Å². The van der Waals surface area contributed by atoms with Gasteiger partial charge in [0.05, 0.1) is 0 Å². The van der Waals surface area contributed by atoms with Crippen molar-refractivity contribution >= 4 is 33.6 Å². The van der Waals surface area contributed by atoms with Gasteiger partial charge in [-0.15, -0.1) is 0 Å². The largest absolute Gasteiger partial charge is 0.323 e. The molecule has 0 unspecified atom stereocenters. The number of carbonyl (C=O) groups is 1. The van der Waals surface area contributed by atoms with E-state index < -0.39 is 11.7 Å². The summed E-state index contributed by atoms with van der Waals surface area (Å²) in [6, 6.07) is 9.83. The molecule has 5 heteroatoms. The fourth-order valence-corrected chi connectivity index (χ4v) is 1.90. The van der Waals surface area contributed by atoms with Gasteiger partial charge in [-0.1, -0.05) is 15.9 Å². The first-order valence-corrected chi connectivity index (χ1v) is 6.53. The lowest BCUT2D eigenvalue weighted by Gasteiger charge is -2.02. The van der Waals surface area contributed by atoms with Crippen LogP contribution in [0.5, 0.6) is 0 Å². The summed E-state index contributed by atoms with van der Waals surface area (Å²) >= 11 is 3.23. The molecule has 2 aromatic rings. The Balaban J connectivity index is 2.05. The summed E-state index contributed by atoms with van der Waals surface area (Å²) in [5, 5.41) is 2.55. The predicted molar refractivity (Wildman–Crippen MR) is 78.2 cm³/mol. The number of carbonyl (C=O) groups excluding carboxylic acids is 1. The van der Waals surface area contributed by atoms with Crippen LogP contribution in [0.2, 0.25) is 0 Å². The molecule has 0 aromatic heterocycles. The Morgan fingerprint density at radius 3 is 2.50 bits per heavy atom. The maximum atomic E-state index is 13.4. The van der Waals surface area contributed by atoms with Crippen molar-refractivity contribution in [1.82, 2.24) is 0 Å². The van der Waals surface area contributed by atoms with Crippen molar-refractivity contribution in [3.63, 3.8) is 0 Å². The number of hydrogen-bond donors (Lipinski definition) is 1. The van der Waals surface area contributed by atoms with Crippen LogP contribution in [0.1, 0.15) is 5.56 Å². The zero-order chi connectivity index (χ0) is 14.5. The fourth-order valence-electron chi connectivity index (χ4n) is 1.52. The van der Waals surface area contributed by atoms with E-state index in [9.17, 15) is 13.6 Å². The van der Waals surface area contributed by atoms with Crippen LogP contribution in [0.25, 0.3) is 6.08 Å². The SMILES string of the molecule is O=C(/C=C/c1cc(Br)ccc1F)Nc1ccc(F)cc1. The molecule has 20 heavy (non-hydrogen) atoms. The van der Waals surface area contributed by atoms with Crippen molar-refractivity contribution in [3.05, 3.63) is 70.2 Å². The molecule has 1 amide bonds. The van der Waals surface area contributed by atoms with E-state index in [-0.39, 0.29) is 5.82 Å². The molecule has 0 aliphatic heterocycles. The number of nitrogens with one attached hydrogen (secondary N) is 1. The molecule has 0 aliphatic rings. The van der Waals surface area contributed by atoms with Gasteiger partial charge in [-0.3, -0.25) is 4.79 Å². The number of benzene rings is 2. The Kier molecular flexibility index (Phi) is 4.63. The summed E-state index contributed by atoms with van der Waals surface area (Å²) in [5.41, 5.74) is 0.768. The highest BCUT2D eigenvalue weighted by molar-refractivity contribution is 9.10. The topological polar surface area (TPSA) is 29.1 Å². The molecule has 0 atom stereocenters. The van der Waals surface area contributed by atoms with Gasteiger partial charge in [-0.25, -0.2) is 8.78 Å². The summed E-state index contributed by atoms with van der Waals surface area (Å²) in [6.07, 6.45) is 2.59. The molecule has 0 heterocycles. The molecular formula is C15H10BrF2NO. The van der Waals surface area contributed by atoms with Crippen LogP contribution in [0.4, 0.5) is 14.5 Å². The molecule has 0 spiro atoms. The Bertz CT molecular complexity index is 653. The van der Waals surface area contributed by atoms with Crippen molar-refractivity contribution in [2.75, 3.05) is 5.32 Å². The van der Waals surface area contributed by atoms with Gasteiger partial charge >= 0.3 is 0 Å². The number of hydrogen-bond acceptors (Lipinski definition) is 1. The standard InChI is InChI=1S/C15H10BrF2NO/c16-11-2-7-14(18)10(9-11)1-8-15(20)19-13-5-3-12(17)4-6-13/h1-9H,(H,19,20)/b8-1+. The highest BCUT2D eigenvalue weighted by Gasteiger charge is 2.01. The van der Waals surface area contributed by atoms with Crippen LogP contribution in [-0.4, -0.2) is 5.91 Å². The zero-order valence-corrected chi connectivity index (χ0v) is 11.8. The number of anilines is 1. The Hall–Kier alpha value is -2.01. The van der Waals surface area contributed by atoms with Gasteiger partial charge in [0.25, 0.3) is 0 Å². The highest BCUT2D eigenvalue weighted by Crippen LogP contribution is 2.17. The molecule has 2 rings (SSSR count). The fraction of sp³-hybridized carbons (Fsp3) is 0. The van der Waals surface area contributed by atoms with E-state index in [2.05, 4.69) is 21.2 Å². The first kappa shape index (κ1) is 14.4. The van der Waals surface area contributed by atoms with Gasteiger partial charge < -0.3 is 5.32 Å². The summed E-state index contributed by atoms with van der Waals surface area (Å²) < 4.78 is 26.9. The second-order valence-electron chi connectivity index (χ2n) is 4.00. The third-order valence-corrected chi connectivity index (χ3v) is 2.98. The van der Waals surface area contributed by atoms with Gasteiger partial charge in [0.2, 0.25) is 5.91 Å². The lowest BCUT2D eigenvalue weighted by Crippen LogP contribution is -2.07. The van der Waals surface area contributed by atoms with Crippen LogP contribution in [0, 0.1) is 11.6 Å². The lowest BCUT2D eigenvalue weighted by atomic mass is 10.2. The number of rotatable bonds is 3. The van der Waals surface area contributed by atoms with Gasteiger partial charge in [0.15, 0.2) is 0 Å². The van der Waals surface area contributed by atoms with Crippen LogP contribution in [0.15, 0.2) is 53.0 Å². The average molecular weight is 338 g/mol. The quantitative estimate of drug-likeness (QED) is 0.827. The second kappa shape index (κ2) is 6.43. The molecule has 0 bridgehead atoms.